The molecule has 8 aromatic rings. The van der Waals surface area contributed by atoms with E-state index in [0.717, 1.165) is 28.8 Å². The molecule has 5 aliphatic carbocycles. The number of benzene rings is 6. The molecule has 0 saturated heterocycles. The van der Waals surface area contributed by atoms with Gasteiger partial charge < -0.3 is 4.57 Å². The number of para-hydroxylation sites is 1. The van der Waals surface area contributed by atoms with Gasteiger partial charge in [0.1, 0.15) is 0 Å². The zero-order valence-corrected chi connectivity index (χ0v) is 27.4. The predicted molar refractivity (Wildman–Crippen MR) is 202 cm³/mol. The highest BCUT2D eigenvalue weighted by atomic mass is 15.0. The highest BCUT2D eigenvalue weighted by molar-refractivity contribution is 6.28. The van der Waals surface area contributed by atoms with Crippen molar-refractivity contribution in [1.82, 2.24) is 9.55 Å². The number of fused-ring (bicyclic) bond motifs is 12. The summed E-state index contributed by atoms with van der Waals surface area (Å²) >= 11 is 0. The molecule has 4 saturated carbocycles. The van der Waals surface area contributed by atoms with E-state index in [1.165, 1.54) is 86.6 Å². The van der Waals surface area contributed by atoms with Crippen molar-refractivity contribution in [2.45, 2.75) is 37.5 Å². The zero-order valence-electron chi connectivity index (χ0n) is 27.4. The number of hydrogen-bond acceptors (Lipinski definition) is 1. The summed E-state index contributed by atoms with van der Waals surface area (Å²) in [5.74, 6) is 3.22. The number of hydrogen-bond donors (Lipinski definition) is 0. The molecule has 1 spiro atoms. The molecule has 4 fully saturated rings. The van der Waals surface area contributed by atoms with Crippen molar-refractivity contribution in [2.24, 2.45) is 23.7 Å². The average molecular weight is 629 g/mol. The van der Waals surface area contributed by atoms with Gasteiger partial charge in [-0.2, -0.15) is 0 Å². The summed E-state index contributed by atoms with van der Waals surface area (Å²) in [7, 11) is 0. The van der Waals surface area contributed by atoms with Gasteiger partial charge in [-0.1, -0.05) is 109 Å². The van der Waals surface area contributed by atoms with E-state index in [2.05, 4.69) is 132 Å². The topological polar surface area (TPSA) is 17.8 Å². The van der Waals surface area contributed by atoms with Gasteiger partial charge in [-0.05, 0) is 112 Å². The monoisotopic (exact) mass is 628 g/mol. The first-order chi connectivity index (χ1) is 24.3. The van der Waals surface area contributed by atoms with Gasteiger partial charge in [0.15, 0.2) is 0 Å². The lowest BCUT2D eigenvalue weighted by Crippen LogP contribution is -2.55. The van der Waals surface area contributed by atoms with Crippen molar-refractivity contribution in [2.75, 3.05) is 0 Å². The standard InChI is InChI=1S/C47H36N2/c1-2-11-31(12-3-1)40-27-34(20-21-48-40)49-41-17-9-8-16-38(41)43-44-42-35-13-5-4-10-30(35)18-19-39(42)47(32-23-28-22-29(25-32)26-33(47)24-28)45(44)36-14-6-7-15-37(36)46(43)49/h1-21,27-29,32-33H,22-26H2. The van der Waals surface area contributed by atoms with Crippen LogP contribution in [-0.2, 0) is 5.41 Å². The fourth-order valence-corrected chi connectivity index (χ4v) is 12.0. The first-order valence-corrected chi connectivity index (χ1v) is 18.3. The summed E-state index contributed by atoms with van der Waals surface area (Å²) in [5.41, 5.74) is 12.2. The first-order valence-electron chi connectivity index (χ1n) is 18.3. The molecule has 6 aromatic carbocycles. The Bertz CT molecular complexity index is 2650. The van der Waals surface area contributed by atoms with E-state index >= 15 is 0 Å². The molecule has 0 N–H and O–H groups in total. The molecule has 2 nitrogen and oxygen atoms in total. The molecule has 5 aliphatic rings. The van der Waals surface area contributed by atoms with Crippen LogP contribution in [0.3, 0.4) is 0 Å². The van der Waals surface area contributed by atoms with Crippen molar-refractivity contribution in [3.05, 3.63) is 145 Å². The number of nitrogens with zero attached hydrogens (tertiary/aromatic N) is 2. The summed E-state index contributed by atoms with van der Waals surface area (Å²) in [4.78, 5) is 4.85. The molecule has 13 rings (SSSR count). The summed E-state index contributed by atoms with van der Waals surface area (Å²) in [6.07, 6.45) is 8.97. The van der Waals surface area contributed by atoms with E-state index in [1.54, 1.807) is 11.1 Å². The second-order valence-electron chi connectivity index (χ2n) is 15.5. The Labute approximate surface area is 286 Å². The predicted octanol–water partition coefficient (Wildman–Crippen LogP) is 11.9. The molecule has 49 heavy (non-hydrogen) atoms. The summed E-state index contributed by atoms with van der Waals surface area (Å²) in [5, 5.41) is 8.35. The smallest absolute Gasteiger partial charge is 0.0722 e. The Morgan fingerprint density at radius 3 is 2.04 bits per heavy atom. The highest BCUT2D eigenvalue weighted by Crippen LogP contribution is 2.72. The van der Waals surface area contributed by atoms with Crippen molar-refractivity contribution in [1.29, 1.82) is 0 Å². The average Bonchev–Trinajstić information content (AvgIpc) is 3.66. The largest absolute Gasteiger partial charge is 0.308 e. The van der Waals surface area contributed by atoms with Crippen LogP contribution in [0.4, 0.5) is 0 Å². The van der Waals surface area contributed by atoms with Crippen LogP contribution >= 0.6 is 0 Å². The molecule has 0 aliphatic heterocycles. The molecule has 0 amide bonds. The Hall–Kier alpha value is -5.21. The van der Waals surface area contributed by atoms with Gasteiger partial charge in [-0.3, -0.25) is 4.98 Å². The summed E-state index contributed by atoms with van der Waals surface area (Å²) < 4.78 is 2.55. The van der Waals surface area contributed by atoms with Gasteiger partial charge in [0.25, 0.3) is 0 Å². The normalized spacial score (nSPS) is 24.8. The third-order valence-corrected chi connectivity index (χ3v) is 13.4. The van der Waals surface area contributed by atoms with Crippen LogP contribution in [0.1, 0.15) is 43.2 Å². The molecule has 4 bridgehead atoms. The van der Waals surface area contributed by atoms with Crippen LogP contribution in [0, 0.1) is 23.7 Å². The minimum absolute atomic E-state index is 0.0657. The Morgan fingerprint density at radius 1 is 0.571 bits per heavy atom. The molecule has 2 heteroatoms. The van der Waals surface area contributed by atoms with Gasteiger partial charge in [-0.25, -0.2) is 0 Å². The zero-order chi connectivity index (χ0) is 31.8. The Morgan fingerprint density at radius 2 is 1.24 bits per heavy atom. The SMILES string of the molecule is c1ccc(-c2cc(-n3c4ccccc4c4c5c(c6ccccc6c43)C3(c4ccc6ccccc6c4-5)C4CC5CC(C4)CC3C5)ccn2)cc1. The summed E-state index contributed by atoms with van der Waals surface area (Å²) in [6, 6.07) is 47.9. The van der Waals surface area contributed by atoms with Gasteiger partial charge in [-0.15, -0.1) is 0 Å². The second kappa shape index (κ2) is 9.48. The fraction of sp³-hybridized carbons (Fsp3) is 0.213. The minimum Gasteiger partial charge on any atom is -0.308 e. The second-order valence-corrected chi connectivity index (χ2v) is 15.5. The van der Waals surface area contributed by atoms with Gasteiger partial charge in [0.2, 0.25) is 0 Å². The van der Waals surface area contributed by atoms with Crippen LogP contribution in [0.15, 0.2) is 134 Å². The third kappa shape index (κ3) is 3.30. The quantitative estimate of drug-likeness (QED) is 0.186. The lowest BCUT2D eigenvalue weighted by Gasteiger charge is -2.61. The van der Waals surface area contributed by atoms with Gasteiger partial charge in [0.05, 0.1) is 16.7 Å². The Balaban J connectivity index is 1.29. The van der Waals surface area contributed by atoms with Gasteiger partial charge >= 0.3 is 0 Å². The molecular weight excluding hydrogens is 593 g/mol. The minimum atomic E-state index is 0.0657. The fourth-order valence-electron chi connectivity index (χ4n) is 12.0. The lowest BCUT2D eigenvalue weighted by molar-refractivity contribution is -0.0393. The van der Waals surface area contributed by atoms with E-state index in [9.17, 15) is 0 Å². The van der Waals surface area contributed by atoms with E-state index in [1.807, 2.05) is 6.20 Å². The van der Waals surface area contributed by atoms with E-state index in [4.69, 9.17) is 4.98 Å². The van der Waals surface area contributed by atoms with Crippen molar-refractivity contribution in [3.63, 3.8) is 0 Å². The lowest BCUT2D eigenvalue weighted by atomic mass is 9.43. The third-order valence-electron chi connectivity index (χ3n) is 13.4. The molecule has 0 radical (unpaired) electrons. The molecule has 2 heterocycles. The first kappa shape index (κ1) is 26.7. The van der Waals surface area contributed by atoms with Crippen LogP contribution in [-0.4, -0.2) is 9.55 Å². The van der Waals surface area contributed by atoms with Gasteiger partial charge in [0, 0.05) is 39.0 Å². The molecular formula is C47H36N2. The highest BCUT2D eigenvalue weighted by Gasteiger charge is 2.62. The molecule has 0 unspecified atom stereocenters. The van der Waals surface area contributed by atoms with Crippen molar-refractivity contribution < 1.29 is 0 Å². The van der Waals surface area contributed by atoms with Crippen LogP contribution in [0.5, 0.6) is 0 Å². The maximum absolute atomic E-state index is 4.85. The number of aromatic nitrogens is 2. The molecule has 0 atom stereocenters. The summed E-state index contributed by atoms with van der Waals surface area (Å²) in [6.45, 7) is 0. The maximum Gasteiger partial charge on any atom is 0.0722 e. The van der Waals surface area contributed by atoms with Crippen LogP contribution in [0.2, 0.25) is 0 Å². The van der Waals surface area contributed by atoms with E-state index in [0.29, 0.717) is 11.8 Å². The van der Waals surface area contributed by atoms with E-state index < -0.39 is 0 Å². The van der Waals surface area contributed by atoms with E-state index in [-0.39, 0.29) is 5.41 Å². The number of pyridine rings is 1. The maximum atomic E-state index is 4.85. The van der Waals surface area contributed by atoms with Crippen LogP contribution < -0.4 is 0 Å². The Kier molecular flexibility index (Phi) is 5.17. The van der Waals surface area contributed by atoms with Crippen LogP contribution in [0.25, 0.3) is 71.4 Å². The molecule has 2 aromatic heterocycles. The molecule has 234 valence electrons. The number of rotatable bonds is 2. The van der Waals surface area contributed by atoms with Crippen molar-refractivity contribution in [3.8, 4) is 28.1 Å². The van der Waals surface area contributed by atoms with Crippen molar-refractivity contribution >= 4 is 43.4 Å².